The lowest BCUT2D eigenvalue weighted by Gasteiger charge is -2.08. The second-order valence-corrected chi connectivity index (χ2v) is 4.25. The van der Waals surface area contributed by atoms with Gasteiger partial charge in [0.05, 0.1) is 6.04 Å². The largest absolute Gasteiger partial charge is 0.308 e. The van der Waals surface area contributed by atoms with Crippen molar-refractivity contribution in [1.29, 1.82) is 0 Å². The number of hydrogen-bond acceptors (Lipinski definition) is 3. The predicted octanol–water partition coefficient (Wildman–Crippen LogP) is 2.51. The molecule has 1 heterocycles. The maximum absolute atomic E-state index is 4.32. The summed E-state index contributed by atoms with van der Waals surface area (Å²) in [7, 11) is 0. The normalized spacial score (nSPS) is 13.2. The van der Waals surface area contributed by atoms with Crippen molar-refractivity contribution in [2.75, 3.05) is 6.54 Å². The summed E-state index contributed by atoms with van der Waals surface area (Å²) >= 11 is 1.77. The van der Waals surface area contributed by atoms with E-state index in [4.69, 9.17) is 0 Å². The van der Waals surface area contributed by atoms with Gasteiger partial charge in [-0.25, -0.2) is 4.98 Å². The Morgan fingerprint density at radius 1 is 1.67 bits per heavy atom. The molecular weight excluding hydrogens is 168 g/mol. The molecule has 1 atom stereocenters. The van der Waals surface area contributed by atoms with Crippen LogP contribution >= 0.6 is 11.3 Å². The topological polar surface area (TPSA) is 24.9 Å². The van der Waals surface area contributed by atoms with E-state index in [-0.39, 0.29) is 0 Å². The Labute approximate surface area is 78.0 Å². The minimum absolute atomic E-state index is 0.406. The number of hydrogen-bond donors (Lipinski definition) is 1. The fourth-order valence-corrected chi connectivity index (χ4v) is 1.82. The van der Waals surface area contributed by atoms with E-state index >= 15 is 0 Å². The molecule has 1 N–H and O–H groups in total. The van der Waals surface area contributed by atoms with Gasteiger partial charge in [-0.05, 0) is 26.8 Å². The molecule has 0 bridgehead atoms. The summed E-state index contributed by atoms with van der Waals surface area (Å²) in [5, 5.41) is 4.61. The highest BCUT2D eigenvalue weighted by Crippen LogP contribution is 2.18. The maximum atomic E-state index is 4.32. The fourth-order valence-electron chi connectivity index (χ4n) is 1.02. The highest BCUT2D eigenvalue weighted by atomic mass is 32.1. The highest BCUT2D eigenvalue weighted by Gasteiger charge is 2.06. The second kappa shape index (κ2) is 4.58. The van der Waals surface area contributed by atoms with Crippen molar-refractivity contribution in [2.45, 2.75) is 33.2 Å². The zero-order valence-electron chi connectivity index (χ0n) is 7.92. The van der Waals surface area contributed by atoms with E-state index in [1.54, 1.807) is 11.3 Å². The van der Waals surface area contributed by atoms with Gasteiger partial charge in [0.25, 0.3) is 0 Å². The minimum atomic E-state index is 0.406. The van der Waals surface area contributed by atoms with E-state index in [9.17, 15) is 0 Å². The molecule has 1 aromatic heterocycles. The molecule has 0 spiro atoms. The van der Waals surface area contributed by atoms with E-state index in [1.807, 2.05) is 6.20 Å². The summed E-state index contributed by atoms with van der Waals surface area (Å²) < 4.78 is 0. The lowest BCUT2D eigenvalue weighted by Crippen LogP contribution is -2.18. The number of aryl methyl sites for hydroxylation is 1. The van der Waals surface area contributed by atoms with Gasteiger partial charge in [0.15, 0.2) is 0 Å². The number of aromatic nitrogens is 1. The van der Waals surface area contributed by atoms with Crippen LogP contribution in [0.3, 0.4) is 0 Å². The molecule has 3 heteroatoms. The van der Waals surface area contributed by atoms with Crippen molar-refractivity contribution in [3.8, 4) is 0 Å². The van der Waals surface area contributed by atoms with E-state index in [2.05, 4.69) is 31.1 Å². The molecule has 0 aliphatic rings. The smallest absolute Gasteiger partial charge is 0.109 e. The third-order valence-corrected chi connectivity index (χ3v) is 2.81. The Bertz CT molecular complexity index is 232. The molecule has 12 heavy (non-hydrogen) atoms. The van der Waals surface area contributed by atoms with Crippen molar-refractivity contribution < 1.29 is 0 Å². The first-order valence-electron chi connectivity index (χ1n) is 4.39. The van der Waals surface area contributed by atoms with Gasteiger partial charge < -0.3 is 5.32 Å². The molecule has 1 rings (SSSR count). The van der Waals surface area contributed by atoms with Crippen LogP contribution < -0.4 is 5.32 Å². The Balaban J connectivity index is 2.47. The second-order valence-electron chi connectivity index (χ2n) is 2.98. The molecule has 0 saturated carbocycles. The molecule has 68 valence electrons. The van der Waals surface area contributed by atoms with Gasteiger partial charge in [-0.15, -0.1) is 11.3 Å². The summed E-state index contributed by atoms with van der Waals surface area (Å²) in [6.07, 6.45) is 3.11. The monoisotopic (exact) mass is 184 g/mol. The van der Waals surface area contributed by atoms with Crippen LogP contribution in [-0.4, -0.2) is 11.5 Å². The van der Waals surface area contributed by atoms with Gasteiger partial charge >= 0.3 is 0 Å². The lowest BCUT2D eigenvalue weighted by atomic mass is 10.3. The molecule has 0 aromatic carbocycles. The van der Waals surface area contributed by atoms with Crippen LogP contribution in [0.25, 0.3) is 0 Å². The molecule has 0 fully saturated rings. The van der Waals surface area contributed by atoms with Crippen molar-refractivity contribution in [2.24, 2.45) is 0 Å². The van der Waals surface area contributed by atoms with E-state index in [0.29, 0.717) is 6.04 Å². The number of thiazole rings is 1. The molecule has 0 amide bonds. The molecule has 0 aliphatic heterocycles. The first kappa shape index (κ1) is 9.68. The summed E-state index contributed by atoms with van der Waals surface area (Å²) in [6, 6.07) is 0.406. The van der Waals surface area contributed by atoms with Crippen LogP contribution in [0.15, 0.2) is 6.20 Å². The van der Waals surface area contributed by atoms with Crippen molar-refractivity contribution in [3.05, 3.63) is 16.1 Å². The first-order valence-corrected chi connectivity index (χ1v) is 5.21. The molecule has 2 nitrogen and oxygen atoms in total. The molecular formula is C9H16N2S. The third kappa shape index (κ3) is 2.57. The Hall–Kier alpha value is -0.410. The molecule has 0 saturated heterocycles. The average Bonchev–Trinajstić information content (AvgIpc) is 2.47. The first-order chi connectivity index (χ1) is 5.74. The highest BCUT2D eigenvalue weighted by molar-refractivity contribution is 7.11. The van der Waals surface area contributed by atoms with Crippen LogP contribution in [0.2, 0.25) is 0 Å². The van der Waals surface area contributed by atoms with Gasteiger partial charge in [-0.3, -0.25) is 0 Å². The van der Waals surface area contributed by atoms with Gasteiger partial charge in [-0.1, -0.05) is 6.92 Å². The summed E-state index contributed by atoms with van der Waals surface area (Å²) in [5.41, 5.74) is 0. The standard InChI is InChI=1S/C9H16N2S/c1-4-5-10-8(3)9-11-6-7(2)12-9/h6,8,10H,4-5H2,1-3H3. The Kier molecular flexibility index (Phi) is 3.69. The van der Waals surface area contributed by atoms with Crippen LogP contribution in [0.5, 0.6) is 0 Å². The Morgan fingerprint density at radius 3 is 2.92 bits per heavy atom. The minimum Gasteiger partial charge on any atom is -0.308 e. The van der Waals surface area contributed by atoms with Crippen LogP contribution in [-0.2, 0) is 0 Å². The van der Waals surface area contributed by atoms with Crippen LogP contribution in [0, 0.1) is 6.92 Å². The third-order valence-electron chi connectivity index (χ3n) is 1.71. The average molecular weight is 184 g/mol. The molecule has 0 radical (unpaired) electrons. The SMILES string of the molecule is CCCNC(C)c1ncc(C)s1. The fraction of sp³-hybridized carbons (Fsp3) is 0.667. The quantitative estimate of drug-likeness (QED) is 0.777. The van der Waals surface area contributed by atoms with Crippen molar-refractivity contribution >= 4 is 11.3 Å². The zero-order chi connectivity index (χ0) is 8.97. The van der Waals surface area contributed by atoms with Gasteiger partial charge in [0.1, 0.15) is 5.01 Å². The van der Waals surface area contributed by atoms with Crippen LogP contribution in [0.1, 0.15) is 36.2 Å². The summed E-state index contributed by atoms with van der Waals surface area (Å²) in [5.74, 6) is 0. The van der Waals surface area contributed by atoms with Gasteiger partial charge in [-0.2, -0.15) is 0 Å². The Morgan fingerprint density at radius 2 is 2.42 bits per heavy atom. The molecule has 1 unspecified atom stereocenters. The lowest BCUT2D eigenvalue weighted by molar-refractivity contribution is 0.568. The van der Waals surface area contributed by atoms with E-state index < -0.39 is 0 Å². The summed E-state index contributed by atoms with van der Waals surface area (Å²) in [4.78, 5) is 5.61. The number of nitrogens with one attached hydrogen (secondary N) is 1. The van der Waals surface area contributed by atoms with Crippen LogP contribution in [0.4, 0.5) is 0 Å². The summed E-state index contributed by atoms with van der Waals surface area (Å²) in [6.45, 7) is 7.49. The van der Waals surface area contributed by atoms with Gasteiger partial charge in [0.2, 0.25) is 0 Å². The molecule has 1 aromatic rings. The zero-order valence-corrected chi connectivity index (χ0v) is 8.74. The maximum Gasteiger partial charge on any atom is 0.109 e. The molecule has 0 aliphatic carbocycles. The number of nitrogens with zero attached hydrogens (tertiary/aromatic N) is 1. The van der Waals surface area contributed by atoms with Crippen molar-refractivity contribution in [3.63, 3.8) is 0 Å². The number of rotatable bonds is 4. The van der Waals surface area contributed by atoms with E-state index in [0.717, 1.165) is 6.54 Å². The predicted molar refractivity (Wildman–Crippen MR) is 53.6 cm³/mol. The van der Waals surface area contributed by atoms with E-state index in [1.165, 1.54) is 16.3 Å². The van der Waals surface area contributed by atoms with Crippen molar-refractivity contribution in [1.82, 2.24) is 10.3 Å². The van der Waals surface area contributed by atoms with Gasteiger partial charge in [0, 0.05) is 11.1 Å².